The van der Waals surface area contributed by atoms with Crippen LogP contribution >= 0.6 is 11.6 Å². The number of amides is 1. The van der Waals surface area contributed by atoms with Crippen molar-refractivity contribution in [2.75, 3.05) is 32.8 Å². The van der Waals surface area contributed by atoms with Crippen LogP contribution in [0.3, 0.4) is 0 Å². The number of carbonyl (C=O) groups is 1. The highest BCUT2D eigenvalue weighted by molar-refractivity contribution is 6.30. The van der Waals surface area contributed by atoms with Gasteiger partial charge in [0.15, 0.2) is 11.5 Å². The molecular formula is C16H17ClN2O4. The lowest BCUT2D eigenvalue weighted by Crippen LogP contribution is -2.13. The average molecular weight is 337 g/mol. The van der Waals surface area contributed by atoms with Crippen molar-refractivity contribution in [3.05, 3.63) is 47.2 Å². The molecule has 1 amide bonds. The summed E-state index contributed by atoms with van der Waals surface area (Å²) in [6, 6.07) is 8.20. The Kier molecular flexibility index (Phi) is 6.19. The Morgan fingerprint density at radius 2 is 2.00 bits per heavy atom. The maximum atomic E-state index is 12.2. The summed E-state index contributed by atoms with van der Waals surface area (Å²) in [6.07, 6.45) is 1.48. The van der Waals surface area contributed by atoms with Crippen molar-refractivity contribution < 1.29 is 19.0 Å². The van der Waals surface area contributed by atoms with E-state index in [1.807, 2.05) is 0 Å². The number of methoxy groups -OCH3 is 2. The lowest BCUT2D eigenvalue weighted by molar-refractivity contribution is 0.102. The van der Waals surface area contributed by atoms with Crippen molar-refractivity contribution in [2.45, 2.75) is 0 Å². The first kappa shape index (κ1) is 17.1. The van der Waals surface area contributed by atoms with Crippen LogP contribution in [-0.2, 0) is 4.74 Å². The summed E-state index contributed by atoms with van der Waals surface area (Å²) in [5.41, 5.74) is 0.792. The predicted octanol–water partition coefficient (Wildman–Crippen LogP) is 3.02. The van der Waals surface area contributed by atoms with Crippen molar-refractivity contribution in [1.82, 2.24) is 4.98 Å². The molecule has 1 N–H and O–H groups in total. The van der Waals surface area contributed by atoms with E-state index in [1.54, 1.807) is 38.5 Å². The molecule has 122 valence electrons. The van der Waals surface area contributed by atoms with Crippen LogP contribution in [0.15, 0.2) is 36.5 Å². The third-order valence-electron chi connectivity index (χ3n) is 2.92. The smallest absolute Gasteiger partial charge is 0.274 e. The molecule has 0 aliphatic heterocycles. The third kappa shape index (κ3) is 4.84. The van der Waals surface area contributed by atoms with E-state index in [1.165, 1.54) is 12.3 Å². The van der Waals surface area contributed by atoms with Crippen LogP contribution in [0.1, 0.15) is 10.5 Å². The fourth-order valence-electron chi connectivity index (χ4n) is 1.83. The van der Waals surface area contributed by atoms with E-state index in [4.69, 9.17) is 25.8 Å². The highest BCUT2D eigenvalue weighted by Gasteiger charge is 2.11. The van der Waals surface area contributed by atoms with Gasteiger partial charge in [0.2, 0.25) is 0 Å². The van der Waals surface area contributed by atoms with Crippen LogP contribution in [0, 0.1) is 0 Å². The van der Waals surface area contributed by atoms with Gasteiger partial charge in [-0.2, -0.15) is 0 Å². The Bertz CT molecular complexity index is 679. The van der Waals surface area contributed by atoms with E-state index in [0.29, 0.717) is 35.4 Å². The molecule has 0 aliphatic rings. The van der Waals surface area contributed by atoms with E-state index in [2.05, 4.69) is 10.3 Å². The second-order valence-electron chi connectivity index (χ2n) is 4.52. The van der Waals surface area contributed by atoms with Gasteiger partial charge in [-0.1, -0.05) is 11.6 Å². The summed E-state index contributed by atoms with van der Waals surface area (Å²) >= 11 is 5.86. The number of ether oxygens (including phenoxy) is 3. The van der Waals surface area contributed by atoms with Crippen LogP contribution in [0.4, 0.5) is 5.69 Å². The maximum absolute atomic E-state index is 12.2. The molecule has 23 heavy (non-hydrogen) atoms. The standard InChI is InChI=1S/C16H17ClN2O4/c1-21-7-8-23-15-10-12(3-4-14(15)22-2)19-16(20)13-9-11(17)5-6-18-13/h3-6,9-10H,7-8H2,1-2H3,(H,19,20). The van der Waals surface area contributed by atoms with Gasteiger partial charge in [0, 0.05) is 30.1 Å². The zero-order chi connectivity index (χ0) is 16.7. The number of pyridine rings is 1. The second kappa shape index (κ2) is 8.36. The summed E-state index contributed by atoms with van der Waals surface area (Å²) in [7, 11) is 3.14. The molecule has 1 heterocycles. The Morgan fingerprint density at radius 1 is 1.17 bits per heavy atom. The average Bonchev–Trinajstić information content (AvgIpc) is 2.55. The van der Waals surface area contributed by atoms with E-state index in [9.17, 15) is 4.79 Å². The highest BCUT2D eigenvalue weighted by Crippen LogP contribution is 2.30. The monoisotopic (exact) mass is 336 g/mol. The molecule has 1 aromatic heterocycles. The first-order valence-corrected chi connectivity index (χ1v) is 7.24. The summed E-state index contributed by atoms with van der Waals surface area (Å²) in [4.78, 5) is 16.2. The topological polar surface area (TPSA) is 69.7 Å². The fraction of sp³-hybridized carbons (Fsp3) is 0.250. The SMILES string of the molecule is COCCOc1cc(NC(=O)c2cc(Cl)ccn2)ccc1OC. The molecule has 2 rings (SSSR count). The molecule has 0 radical (unpaired) electrons. The van der Waals surface area contributed by atoms with Crippen LogP contribution in [0.2, 0.25) is 5.02 Å². The van der Waals surface area contributed by atoms with Crippen LogP contribution in [0.5, 0.6) is 11.5 Å². The number of hydrogen-bond donors (Lipinski definition) is 1. The van der Waals surface area contributed by atoms with Gasteiger partial charge < -0.3 is 19.5 Å². The lowest BCUT2D eigenvalue weighted by atomic mass is 10.2. The van der Waals surface area contributed by atoms with Gasteiger partial charge in [0.25, 0.3) is 5.91 Å². The van der Waals surface area contributed by atoms with Gasteiger partial charge in [-0.25, -0.2) is 0 Å². The van der Waals surface area contributed by atoms with E-state index >= 15 is 0 Å². The summed E-state index contributed by atoms with van der Waals surface area (Å²) in [5, 5.41) is 3.19. The maximum Gasteiger partial charge on any atom is 0.274 e. The molecule has 0 saturated heterocycles. The molecule has 0 spiro atoms. The first-order valence-electron chi connectivity index (χ1n) is 6.86. The van der Waals surface area contributed by atoms with E-state index < -0.39 is 0 Å². The number of hydrogen-bond acceptors (Lipinski definition) is 5. The molecule has 0 unspecified atom stereocenters. The summed E-state index contributed by atoms with van der Waals surface area (Å²) in [5.74, 6) is 0.724. The van der Waals surface area contributed by atoms with E-state index in [0.717, 1.165) is 0 Å². The minimum Gasteiger partial charge on any atom is -0.493 e. The molecular weight excluding hydrogens is 320 g/mol. The number of carbonyl (C=O) groups excluding carboxylic acids is 1. The van der Waals surface area contributed by atoms with Crippen molar-refractivity contribution in [2.24, 2.45) is 0 Å². The minimum atomic E-state index is -0.361. The second-order valence-corrected chi connectivity index (χ2v) is 4.96. The number of nitrogens with zero attached hydrogens (tertiary/aromatic N) is 1. The number of nitrogens with one attached hydrogen (secondary N) is 1. The predicted molar refractivity (Wildman–Crippen MR) is 87.6 cm³/mol. The molecule has 6 nitrogen and oxygen atoms in total. The number of aromatic nitrogens is 1. The molecule has 0 atom stereocenters. The Hall–Kier alpha value is -2.31. The normalized spacial score (nSPS) is 10.2. The molecule has 0 fully saturated rings. The van der Waals surface area contributed by atoms with Crippen LogP contribution in [0.25, 0.3) is 0 Å². The minimum absolute atomic E-state index is 0.232. The summed E-state index contributed by atoms with van der Waals surface area (Å²) in [6.45, 7) is 0.826. The van der Waals surface area contributed by atoms with Gasteiger partial charge >= 0.3 is 0 Å². The fourth-order valence-corrected chi connectivity index (χ4v) is 1.99. The number of anilines is 1. The number of halogens is 1. The Labute approximate surface area is 139 Å². The molecule has 1 aromatic carbocycles. The Balaban J connectivity index is 2.13. The Morgan fingerprint density at radius 3 is 2.70 bits per heavy atom. The van der Waals surface area contributed by atoms with Crippen molar-refractivity contribution in [1.29, 1.82) is 0 Å². The van der Waals surface area contributed by atoms with Crippen molar-refractivity contribution >= 4 is 23.2 Å². The molecule has 7 heteroatoms. The van der Waals surface area contributed by atoms with Crippen molar-refractivity contribution in [3.63, 3.8) is 0 Å². The first-order chi connectivity index (χ1) is 11.1. The van der Waals surface area contributed by atoms with Gasteiger partial charge in [-0.15, -0.1) is 0 Å². The van der Waals surface area contributed by atoms with Gasteiger partial charge in [0.1, 0.15) is 12.3 Å². The summed E-state index contributed by atoms with van der Waals surface area (Å²) < 4.78 is 15.8. The quantitative estimate of drug-likeness (QED) is 0.787. The van der Waals surface area contributed by atoms with Gasteiger partial charge in [-0.3, -0.25) is 9.78 Å². The molecule has 0 aliphatic carbocycles. The van der Waals surface area contributed by atoms with Crippen molar-refractivity contribution in [3.8, 4) is 11.5 Å². The van der Waals surface area contributed by atoms with Crippen LogP contribution < -0.4 is 14.8 Å². The molecule has 2 aromatic rings. The zero-order valence-electron chi connectivity index (χ0n) is 12.8. The number of rotatable bonds is 7. The van der Waals surface area contributed by atoms with Gasteiger partial charge in [-0.05, 0) is 24.3 Å². The largest absolute Gasteiger partial charge is 0.493 e. The third-order valence-corrected chi connectivity index (χ3v) is 3.16. The zero-order valence-corrected chi connectivity index (χ0v) is 13.6. The molecule has 0 saturated carbocycles. The van der Waals surface area contributed by atoms with E-state index in [-0.39, 0.29) is 11.6 Å². The van der Waals surface area contributed by atoms with Crippen LogP contribution in [-0.4, -0.2) is 38.3 Å². The van der Waals surface area contributed by atoms with Gasteiger partial charge in [0.05, 0.1) is 13.7 Å². The lowest BCUT2D eigenvalue weighted by Gasteiger charge is -2.12. The molecule has 0 bridgehead atoms. The number of benzene rings is 1. The highest BCUT2D eigenvalue weighted by atomic mass is 35.5.